The van der Waals surface area contributed by atoms with E-state index in [0.717, 1.165) is 25.7 Å². The van der Waals surface area contributed by atoms with E-state index in [-0.39, 0.29) is 5.92 Å². The number of halogens is 7. The first-order chi connectivity index (χ1) is 13.5. The van der Waals surface area contributed by atoms with Gasteiger partial charge in [-0.3, -0.25) is 0 Å². The van der Waals surface area contributed by atoms with Gasteiger partial charge in [0.15, 0.2) is 0 Å². The van der Waals surface area contributed by atoms with Crippen LogP contribution in [0.4, 0.5) is 30.7 Å². The molecule has 1 saturated carbocycles. The maximum absolute atomic E-state index is 14.1. The van der Waals surface area contributed by atoms with Crippen molar-refractivity contribution in [3.05, 3.63) is 47.0 Å². The van der Waals surface area contributed by atoms with Crippen LogP contribution in [0.2, 0.25) is 0 Å². The first-order valence-electron chi connectivity index (χ1n) is 9.70. The zero-order chi connectivity index (χ0) is 21.7. The molecule has 0 spiro atoms. The van der Waals surface area contributed by atoms with Gasteiger partial charge in [-0.05, 0) is 62.1 Å². The van der Waals surface area contributed by atoms with Crippen LogP contribution in [0.5, 0.6) is 0 Å². The molecule has 0 amide bonds. The number of allylic oxidation sites excluding steroid dienone is 2. The minimum absolute atomic E-state index is 0.218. The van der Waals surface area contributed by atoms with Gasteiger partial charge in [0, 0.05) is 6.42 Å². The lowest BCUT2D eigenvalue weighted by Crippen LogP contribution is -2.27. The Balaban J connectivity index is 1.86. The zero-order valence-electron chi connectivity index (χ0n) is 16.2. The molecule has 1 aromatic carbocycles. The maximum atomic E-state index is 14.1. The van der Waals surface area contributed by atoms with Crippen LogP contribution in [0.25, 0.3) is 0 Å². The Morgan fingerprint density at radius 1 is 0.966 bits per heavy atom. The highest BCUT2D eigenvalue weighted by molar-refractivity contribution is 5.28. The summed E-state index contributed by atoms with van der Waals surface area (Å²) in [5, 5.41) is 0. The highest BCUT2D eigenvalue weighted by Crippen LogP contribution is 2.38. The van der Waals surface area contributed by atoms with Crippen molar-refractivity contribution in [2.75, 3.05) is 0 Å². The molecular formula is C21H25F7O. The van der Waals surface area contributed by atoms with E-state index in [0.29, 0.717) is 30.9 Å². The third kappa shape index (κ3) is 7.32. The fraction of sp³-hybridized carbons (Fsp3) is 0.619. The maximum Gasteiger partial charge on any atom is 0.422 e. The largest absolute Gasteiger partial charge is 0.422 e. The molecule has 164 valence electrons. The predicted molar refractivity (Wildman–Crippen MR) is 95.2 cm³/mol. The molecule has 2 rings (SSSR count). The Kier molecular flexibility index (Phi) is 8.14. The van der Waals surface area contributed by atoms with E-state index in [1.807, 2.05) is 13.0 Å². The van der Waals surface area contributed by atoms with E-state index < -0.39 is 48.1 Å². The number of rotatable bonds is 8. The number of ether oxygens (including phenoxy) is 1. The van der Waals surface area contributed by atoms with E-state index in [4.69, 9.17) is 0 Å². The molecule has 0 atom stereocenters. The van der Waals surface area contributed by atoms with Crippen molar-refractivity contribution in [2.45, 2.75) is 70.8 Å². The van der Waals surface area contributed by atoms with Crippen LogP contribution in [-0.4, -0.2) is 6.11 Å². The molecule has 0 aromatic heterocycles. The highest BCUT2D eigenvalue weighted by Gasteiger charge is 2.39. The average Bonchev–Trinajstić information content (AvgIpc) is 2.60. The molecular weight excluding hydrogens is 401 g/mol. The predicted octanol–water partition coefficient (Wildman–Crippen LogP) is 7.65. The summed E-state index contributed by atoms with van der Waals surface area (Å²) in [6.07, 6.45) is -0.103. The lowest BCUT2D eigenvalue weighted by molar-refractivity contribution is -0.256. The Bertz CT molecular complexity index is 666. The zero-order valence-corrected chi connectivity index (χ0v) is 16.2. The molecule has 1 nitrogen and oxygen atoms in total. The summed E-state index contributed by atoms with van der Waals surface area (Å²) in [4.78, 5) is 0. The molecule has 0 unspecified atom stereocenters. The van der Waals surface area contributed by atoms with Crippen molar-refractivity contribution >= 4 is 0 Å². The summed E-state index contributed by atoms with van der Waals surface area (Å²) in [6.45, 7) is 1.07. The van der Waals surface area contributed by atoms with E-state index in [1.54, 1.807) is 0 Å². The minimum Gasteiger partial charge on any atom is -0.316 e. The second-order valence-corrected chi connectivity index (χ2v) is 7.60. The Morgan fingerprint density at radius 3 is 2.03 bits per heavy atom. The normalized spacial score (nSPS) is 21.1. The van der Waals surface area contributed by atoms with Gasteiger partial charge in [0.05, 0.1) is 6.61 Å². The summed E-state index contributed by atoms with van der Waals surface area (Å²) in [6, 6.07) is 0.746. The van der Waals surface area contributed by atoms with Crippen molar-refractivity contribution in [3.63, 3.8) is 0 Å². The topological polar surface area (TPSA) is 9.23 Å². The Hall–Kier alpha value is -1.57. The third-order valence-corrected chi connectivity index (χ3v) is 5.31. The molecule has 1 aliphatic carbocycles. The van der Waals surface area contributed by atoms with Gasteiger partial charge in [-0.2, -0.15) is 22.0 Å². The molecule has 0 radical (unpaired) electrons. The van der Waals surface area contributed by atoms with Crippen LogP contribution in [-0.2, 0) is 17.5 Å². The summed E-state index contributed by atoms with van der Waals surface area (Å²) in [7, 11) is 0. The molecule has 1 fully saturated rings. The smallest absolute Gasteiger partial charge is 0.316 e. The number of benzene rings is 1. The molecule has 0 heterocycles. The second kappa shape index (κ2) is 9.96. The lowest BCUT2D eigenvalue weighted by atomic mass is 9.78. The summed E-state index contributed by atoms with van der Waals surface area (Å²) in [5.41, 5.74) is -2.46. The van der Waals surface area contributed by atoms with Crippen LogP contribution < -0.4 is 0 Å². The summed E-state index contributed by atoms with van der Waals surface area (Å²) in [5.74, 6) is -3.40. The fourth-order valence-electron chi connectivity index (χ4n) is 3.79. The molecule has 29 heavy (non-hydrogen) atoms. The standard InChI is InChI=1S/C21H25F7O/c1-2-3-4-5-14-6-8-15(9-7-14)12-20(24,25)29-13-16-10-17(22)19(18(23)11-16)21(26,27)28/h2-3,10-11,14-15H,4-9,12-13H2,1H3/t14-,15-. The first kappa shape index (κ1) is 23.7. The molecule has 8 heteroatoms. The number of hydrogen-bond acceptors (Lipinski definition) is 1. The van der Waals surface area contributed by atoms with Crippen molar-refractivity contribution in [2.24, 2.45) is 11.8 Å². The van der Waals surface area contributed by atoms with Gasteiger partial charge in [0.1, 0.15) is 17.2 Å². The van der Waals surface area contributed by atoms with Gasteiger partial charge >= 0.3 is 12.3 Å². The monoisotopic (exact) mass is 426 g/mol. The van der Waals surface area contributed by atoms with E-state index in [2.05, 4.69) is 10.8 Å². The van der Waals surface area contributed by atoms with Crippen LogP contribution in [0.3, 0.4) is 0 Å². The summed E-state index contributed by atoms with van der Waals surface area (Å²) < 4.78 is 97.5. The van der Waals surface area contributed by atoms with E-state index in [9.17, 15) is 30.7 Å². The lowest BCUT2D eigenvalue weighted by Gasteiger charge is -2.30. The summed E-state index contributed by atoms with van der Waals surface area (Å²) >= 11 is 0. The molecule has 0 saturated heterocycles. The van der Waals surface area contributed by atoms with Crippen LogP contribution in [0.15, 0.2) is 24.3 Å². The van der Waals surface area contributed by atoms with Gasteiger partial charge < -0.3 is 4.74 Å². The van der Waals surface area contributed by atoms with Gasteiger partial charge in [-0.25, -0.2) is 8.78 Å². The molecule has 0 aliphatic heterocycles. The molecule has 0 bridgehead atoms. The van der Waals surface area contributed by atoms with Gasteiger partial charge in [-0.1, -0.05) is 25.0 Å². The van der Waals surface area contributed by atoms with Crippen LogP contribution in [0.1, 0.15) is 63.0 Å². The first-order valence-corrected chi connectivity index (χ1v) is 9.70. The number of hydrogen-bond donors (Lipinski definition) is 0. The van der Waals surface area contributed by atoms with Crippen LogP contribution >= 0.6 is 0 Å². The van der Waals surface area contributed by atoms with Gasteiger partial charge in [0.25, 0.3) is 0 Å². The van der Waals surface area contributed by atoms with Gasteiger partial charge in [0.2, 0.25) is 0 Å². The fourth-order valence-corrected chi connectivity index (χ4v) is 3.79. The van der Waals surface area contributed by atoms with Crippen molar-refractivity contribution in [1.29, 1.82) is 0 Å². The van der Waals surface area contributed by atoms with E-state index >= 15 is 0 Å². The molecule has 1 aromatic rings. The van der Waals surface area contributed by atoms with Crippen LogP contribution in [0, 0.1) is 23.5 Å². The Morgan fingerprint density at radius 2 is 1.52 bits per heavy atom. The average molecular weight is 426 g/mol. The van der Waals surface area contributed by atoms with Crippen molar-refractivity contribution in [1.82, 2.24) is 0 Å². The van der Waals surface area contributed by atoms with Crippen molar-refractivity contribution in [3.8, 4) is 0 Å². The molecule has 0 N–H and O–H groups in total. The van der Waals surface area contributed by atoms with Gasteiger partial charge in [-0.15, -0.1) is 0 Å². The molecule has 1 aliphatic rings. The highest BCUT2D eigenvalue weighted by atomic mass is 19.4. The van der Waals surface area contributed by atoms with E-state index in [1.165, 1.54) is 0 Å². The number of alkyl halides is 5. The Labute approximate surface area is 165 Å². The SMILES string of the molecule is CC=CCC[C@H]1CC[C@H](CC(F)(F)OCc2cc(F)c(C(F)(F)F)c(F)c2)CC1. The minimum atomic E-state index is -5.21. The van der Waals surface area contributed by atoms with Crippen molar-refractivity contribution < 1.29 is 35.5 Å². The third-order valence-electron chi connectivity index (χ3n) is 5.31. The second-order valence-electron chi connectivity index (χ2n) is 7.60. The quantitative estimate of drug-likeness (QED) is 0.306.